The van der Waals surface area contributed by atoms with Crippen LogP contribution in [0.5, 0.6) is 0 Å². The van der Waals surface area contributed by atoms with Crippen molar-refractivity contribution in [2.45, 2.75) is 51.4 Å². The Labute approximate surface area is 112 Å². The van der Waals surface area contributed by atoms with Crippen LogP contribution >= 0.6 is 15.9 Å². The Morgan fingerprint density at radius 2 is 2.00 bits per heavy atom. The fourth-order valence-electron chi connectivity index (χ4n) is 2.41. The number of hydrogen-bond donors (Lipinski definition) is 1. The molecule has 0 unspecified atom stereocenters. The quantitative estimate of drug-likeness (QED) is 0.853. The maximum absolute atomic E-state index is 4.66. The second-order valence-corrected chi connectivity index (χ2v) is 5.50. The molecule has 0 radical (unpaired) electrons. The van der Waals surface area contributed by atoms with Gasteiger partial charge in [0.2, 0.25) is 0 Å². The first kappa shape index (κ1) is 12.8. The average molecular weight is 298 g/mol. The zero-order valence-electron chi connectivity index (χ0n) is 10.4. The third-order valence-corrected chi connectivity index (χ3v) is 3.91. The molecule has 0 saturated heterocycles. The van der Waals surface area contributed by atoms with E-state index in [0.717, 1.165) is 22.7 Å². The van der Waals surface area contributed by atoms with E-state index in [2.05, 4.69) is 38.1 Å². The molecule has 1 aromatic heterocycles. The van der Waals surface area contributed by atoms with Crippen molar-refractivity contribution in [2.75, 3.05) is 11.9 Å². The first-order chi connectivity index (χ1) is 8.31. The van der Waals surface area contributed by atoms with Crippen LogP contribution in [0.1, 0.15) is 57.2 Å². The summed E-state index contributed by atoms with van der Waals surface area (Å²) in [5, 5.41) is 3.27. The van der Waals surface area contributed by atoms with E-state index in [1.165, 1.54) is 38.5 Å². The molecule has 0 spiro atoms. The van der Waals surface area contributed by atoms with Gasteiger partial charge in [-0.1, -0.05) is 25.7 Å². The molecule has 4 heteroatoms. The van der Waals surface area contributed by atoms with Gasteiger partial charge in [-0.3, -0.25) is 0 Å². The number of aromatic nitrogens is 2. The topological polar surface area (TPSA) is 37.8 Å². The minimum atomic E-state index is 0.558. The fraction of sp³-hybridized carbons (Fsp3) is 0.692. The van der Waals surface area contributed by atoms with Crippen LogP contribution in [0.25, 0.3) is 0 Å². The molecule has 0 atom stereocenters. The van der Waals surface area contributed by atoms with Gasteiger partial charge in [0, 0.05) is 18.7 Å². The normalized spacial score (nSPS) is 17.8. The lowest BCUT2D eigenvalue weighted by Crippen LogP contribution is -2.08. The van der Waals surface area contributed by atoms with Crippen LogP contribution < -0.4 is 5.32 Å². The molecule has 94 valence electrons. The fourth-order valence-corrected chi connectivity index (χ4v) is 2.74. The second kappa shape index (κ2) is 6.34. The Hall–Kier alpha value is -0.640. The lowest BCUT2D eigenvalue weighted by atomic mass is 9.99. The maximum atomic E-state index is 4.66. The molecule has 1 heterocycles. The predicted octanol–water partition coefficient (Wildman–Crippen LogP) is 4.11. The van der Waals surface area contributed by atoms with Crippen LogP contribution in [-0.4, -0.2) is 16.5 Å². The summed E-state index contributed by atoms with van der Waals surface area (Å²) in [7, 11) is 0. The van der Waals surface area contributed by atoms with Gasteiger partial charge in [-0.2, -0.15) is 0 Å². The van der Waals surface area contributed by atoms with Crippen molar-refractivity contribution in [1.82, 2.24) is 9.97 Å². The van der Waals surface area contributed by atoms with Crippen molar-refractivity contribution in [2.24, 2.45) is 0 Å². The SMILES string of the molecule is CCNc1nc(C2CCCCCC2)ncc1Br. The minimum Gasteiger partial charge on any atom is -0.369 e. The molecule has 0 aromatic carbocycles. The van der Waals surface area contributed by atoms with Crippen molar-refractivity contribution in [3.63, 3.8) is 0 Å². The highest BCUT2D eigenvalue weighted by Gasteiger charge is 2.18. The van der Waals surface area contributed by atoms with Gasteiger partial charge in [-0.15, -0.1) is 0 Å². The van der Waals surface area contributed by atoms with E-state index in [1.807, 2.05) is 6.20 Å². The van der Waals surface area contributed by atoms with Crippen LogP contribution in [0.3, 0.4) is 0 Å². The molecule has 1 N–H and O–H groups in total. The summed E-state index contributed by atoms with van der Waals surface area (Å²) in [6.45, 7) is 2.97. The molecule has 1 saturated carbocycles. The number of nitrogens with zero attached hydrogens (tertiary/aromatic N) is 2. The molecule has 17 heavy (non-hydrogen) atoms. The van der Waals surface area contributed by atoms with Crippen molar-refractivity contribution >= 4 is 21.7 Å². The highest BCUT2D eigenvalue weighted by molar-refractivity contribution is 9.10. The summed E-state index contributed by atoms with van der Waals surface area (Å²) in [5.41, 5.74) is 0. The van der Waals surface area contributed by atoms with Gasteiger partial charge in [0.1, 0.15) is 11.6 Å². The predicted molar refractivity (Wildman–Crippen MR) is 74.3 cm³/mol. The van der Waals surface area contributed by atoms with Crippen molar-refractivity contribution < 1.29 is 0 Å². The van der Waals surface area contributed by atoms with Gasteiger partial charge in [-0.25, -0.2) is 9.97 Å². The van der Waals surface area contributed by atoms with E-state index in [-0.39, 0.29) is 0 Å². The number of anilines is 1. The van der Waals surface area contributed by atoms with Gasteiger partial charge in [-0.05, 0) is 35.7 Å². The van der Waals surface area contributed by atoms with Gasteiger partial charge in [0.25, 0.3) is 0 Å². The summed E-state index contributed by atoms with van der Waals surface area (Å²) in [5.74, 6) is 2.51. The van der Waals surface area contributed by atoms with Crippen LogP contribution in [0.4, 0.5) is 5.82 Å². The Balaban J connectivity index is 2.16. The third-order valence-electron chi connectivity index (χ3n) is 3.33. The lowest BCUT2D eigenvalue weighted by Gasteiger charge is -2.14. The molecule has 0 amide bonds. The first-order valence-electron chi connectivity index (χ1n) is 6.57. The minimum absolute atomic E-state index is 0.558. The van der Waals surface area contributed by atoms with Gasteiger partial charge in [0.15, 0.2) is 0 Å². The van der Waals surface area contributed by atoms with Crippen LogP contribution in [0.2, 0.25) is 0 Å². The van der Waals surface area contributed by atoms with Crippen LogP contribution in [0.15, 0.2) is 10.7 Å². The molecule has 0 bridgehead atoms. The smallest absolute Gasteiger partial charge is 0.144 e. The van der Waals surface area contributed by atoms with Crippen molar-refractivity contribution in [3.8, 4) is 0 Å². The number of nitrogens with one attached hydrogen (secondary N) is 1. The Bertz CT molecular complexity index is 360. The highest BCUT2D eigenvalue weighted by Crippen LogP contribution is 2.31. The summed E-state index contributed by atoms with van der Waals surface area (Å²) in [4.78, 5) is 9.15. The third kappa shape index (κ3) is 3.41. The standard InChI is InChI=1S/C13H20BrN3/c1-2-15-13-11(14)9-16-12(17-13)10-7-5-3-4-6-8-10/h9-10H,2-8H2,1H3,(H,15,16,17). The summed E-state index contributed by atoms with van der Waals surface area (Å²) in [6.07, 6.45) is 9.74. The summed E-state index contributed by atoms with van der Waals surface area (Å²) >= 11 is 3.48. The monoisotopic (exact) mass is 297 g/mol. The van der Waals surface area contributed by atoms with E-state index in [4.69, 9.17) is 0 Å². The zero-order valence-corrected chi connectivity index (χ0v) is 12.0. The van der Waals surface area contributed by atoms with Crippen LogP contribution in [0, 0.1) is 0 Å². The van der Waals surface area contributed by atoms with E-state index in [0.29, 0.717) is 5.92 Å². The van der Waals surface area contributed by atoms with E-state index in [1.54, 1.807) is 0 Å². The summed E-state index contributed by atoms with van der Waals surface area (Å²) < 4.78 is 0.955. The average Bonchev–Trinajstić information content (AvgIpc) is 2.61. The molecule has 2 rings (SSSR count). The van der Waals surface area contributed by atoms with Crippen molar-refractivity contribution in [3.05, 3.63) is 16.5 Å². The number of rotatable bonds is 3. The molecule has 0 aliphatic heterocycles. The second-order valence-electron chi connectivity index (χ2n) is 4.64. The molecular formula is C13H20BrN3. The molecular weight excluding hydrogens is 278 g/mol. The van der Waals surface area contributed by atoms with Gasteiger partial charge < -0.3 is 5.32 Å². The lowest BCUT2D eigenvalue weighted by molar-refractivity contribution is 0.560. The van der Waals surface area contributed by atoms with E-state index < -0.39 is 0 Å². The van der Waals surface area contributed by atoms with Gasteiger partial charge in [0.05, 0.1) is 4.47 Å². The number of hydrogen-bond acceptors (Lipinski definition) is 3. The largest absolute Gasteiger partial charge is 0.369 e. The molecule has 1 aliphatic carbocycles. The van der Waals surface area contributed by atoms with E-state index >= 15 is 0 Å². The number of halogens is 1. The molecule has 3 nitrogen and oxygen atoms in total. The molecule has 1 fully saturated rings. The molecule has 1 aliphatic rings. The zero-order chi connectivity index (χ0) is 12.1. The van der Waals surface area contributed by atoms with Crippen LogP contribution in [-0.2, 0) is 0 Å². The van der Waals surface area contributed by atoms with Crippen molar-refractivity contribution in [1.29, 1.82) is 0 Å². The highest BCUT2D eigenvalue weighted by atomic mass is 79.9. The van der Waals surface area contributed by atoms with E-state index in [9.17, 15) is 0 Å². The van der Waals surface area contributed by atoms with Gasteiger partial charge >= 0.3 is 0 Å². The Morgan fingerprint density at radius 1 is 1.29 bits per heavy atom. The first-order valence-corrected chi connectivity index (χ1v) is 7.37. The maximum Gasteiger partial charge on any atom is 0.144 e. The Kier molecular flexibility index (Phi) is 4.77. The summed E-state index contributed by atoms with van der Waals surface area (Å²) in [6, 6.07) is 0. The Morgan fingerprint density at radius 3 is 2.65 bits per heavy atom. The molecule has 1 aromatic rings.